The number of nitrogens with one attached hydrogen (secondary N) is 8. The van der Waals surface area contributed by atoms with E-state index in [1.165, 1.54) is 29.6 Å². The number of anilines is 1. The SMILES string of the molecule is CNCC(=O)N[C@@H](CCCN=C(N)N)C(=O)N[C@H](C(=O)N[C@@H](Cc1ccc(O)cc1)C(=O)N[C@H](C(=O)N[C@@H](Cc1cnc[nH]1)C(=O)N1CCC[C@H]1C(=O)N[C@@H](Cc1cc(I)c(N)c(I)c1)C(=O)O)C(C)C)C(C)C. The van der Waals surface area contributed by atoms with Gasteiger partial charge in [0.05, 0.1) is 18.6 Å². The van der Waals surface area contributed by atoms with Crippen LogP contribution in [0.5, 0.6) is 5.75 Å². The normalized spacial score (nSPS) is 15.7. The number of nitrogens with zero attached hydrogens (tertiary/aromatic N) is 3. The number of guanidine groups is 1. The minimum absolute atomic E-state index is 0.0452. The molecule has 24 nitrogen and oxygen atoms in total. The summed E-state index contributed by atoms with van der Waals surface area (Å²) < 4.78 is 1.45. The van der Waals surface area contributed by atoms with Crippen LogP contribution in [0.3, 0.4) is 0 Å². The average Bonchev–Trinajstić information content (AvgIpc) is 4.05. The van der Waals surface area contributed by atoms with Crippen LogP contribution in [0.15, 0.2) is 53.9 Å². The van der Waals surface area contributed by atoms with Crippen molar-refractivity contribution in [3.05, 3.63) is 72.9 Å². The van der Waals surface area contributed by atoms with E-state index in [9.17, 15) is 48.6 Å². The number of rotatable bonds is 27. The predicted octanol–water partition coefficient (Wildman–Crippen LogP) is -0.496. The number of phenolic OH excluding ortho intramolecular Hbond substituents is 1. The highest BCUT2D eigenvalue weighted by molar-refractivity contribution is 14.1. The molecule has 2 heterocycles. The first-order chi connectivity index (χ1) is 35.0. The molecule has 0 aliphatic carbocycles. The van der Waals surface area contributed by atoms with E-state index < -0.39 is 101 Å². The molecule has 0 unspecified atom stereocenters. The number of phenols is 1. The van der Waals surface area contributed by atoms with Gasteiger partial charge in [0.2, 0.25) is 41.4 Å². The Bertz CT molecular complexity index is 2450. The van der Waals surface area contributed by atoms with Crippen LogP contribution in [-0.4, -0.2) is 147 Å². The molecule has 0 spiro atoms. The number of aliphatic imine (C=N–C) groups is 1. The molecule has 1 fully saturated rings. The van der Waals surface area contributed by atoms with Gasteiger partial charge in [-0.25, -0.2) is 9.78 Å². The number of carboxylic acid groups (broad SMARTS) is 1. The van der Waals surface area contributed by atoms with E-state index in [0.29, 0.717) is 35.3 Å². The van der Waals surface area contributed by atoms with Crippen molar-refractivity contribution in [2.24, 2.45) is 28.3 Å². The van der Waals surface area contributed by atoms with E-state index in [0.717, 1.165) is 7.14 Å². The fourth-order valence-electron chi connectivity index (χ4n) is 8.13. The summed E-state index contributed by atoms with van der Waals surface area (Å²) in [5, 5.41) is 39.1. The van der Waals surface area contributed by atoms with E-state index in [1.807, 2.05) is 0 Å². The molecule has 0 radical (unpaired) electrons. The van der Waals surface area contributed by atoms with Crippen molar-refractivity contribution in [1.82, 2.24) is 52.1 Å². The van der Waals surface area contributed by atoms with Gasteiger partial charge in [-0.05, 0) is 125 Å². The number of imidazole rings is 1. The van der Waals surface area contributed by atoms with Crippen molar-refractivity contribution in [2.75, 3.05) is 32.4 Å². The summed E-state index contributed by atoms with van der Waals surface area (Å²) >= 11 is 4.11. The molecular weight excluding hydrogens is 1190 g/mol. The number of likely N-dealkylation sites (N-methyl/N-ethyl adjacent to an activating group) is 1. The maximum absolute atomic E-state index is 14.6. The summed E-state index contributed by atoms with van der Waals surface area (Å²) in [6.45, 7) is 6.92. The zero-order chi connectivity index (χ0) is 54.8. The number of H-pyrrole nitrogens is 1. The van der Waals surface area contributed by atoms with E-state index in [1.54, 1.807) is 59.0 Å². The van der Waals surface area contributed by atoms with E-state index in [4.69, 9.17) is 17.2 Å². The molecule has 2 aromatic carbocycles. The zero-order valence-corrected chi connectivity index (χ0v) is 46.2. The first kappa shape index (κ1) is 60.3. The summed E-state index contributed by atoms with van der Waals surface area (Å²) in [6.07, 6.45) is 3.65. The van der Waals surface area contributed by atoms with Crippen LogP contribution in [0.1, 0.15) is 70.2 Å². The molecule has 1 aromatic heterocycles. The second-order valence-corrected chi connectivity index (χ2v) is 20.9. The Hall–Kier alpha value is -6.30. The van der Waals surface area contributed by atoms with Crippen LogP contribution in [0.4, 0.5) is 5.69 Å². The fraction of sp³-hybridized carbons (Fsp3) is 0.500. The maximum atomic E-state index is 14.6. The van der Waals surface area contributed by atoms with Crippen molar-refractivity contribution in [3.63, 3.8) is 0 Å². The number of carbonyl (C=O) groups excluding carboxylic acids is 7. The van der Waals surface area contributed by atoms with Gasteiger partial charge in [0.1, 0.15) is 48.0 Å². The van der Waals surface area contributed by atoms with E-state index >= 15 is 0 Å². The van der Waals surface area contributed by atoms with Crippen molar-refractivity contribution >= 4 is 104 Å². The summed E-state index contributed by atoms with van der Waals surface area (Å²) in [6, 6.07) is 0.731. The van der Waals surface area contributed by atoms with Crippen molar-refractivity contribution in [1.29, 1.82) is 0 Å². The highest BCUT2D eigenvalue weighted by Crippen LogP contribution is 2.25. The smallest absolute Gasteiger partial charge is 0.326 e. The third-order valence-corrected chi connectivity index (χ3v) is 13.8. The Morgan fingerprint density at radius 1 is 0.784 bits per heavy atom. The Morgan fingerprint density at radius 2 is 1.36 bits per heavy atom. The molecule has 7 amide bonds. The monoisotopic (exact) mass is 1250 g/mol. The van der Waals surface area contributed by atoms with Gasteiger partial charge in [-0.2, -0.15) is 0 Å². The van der Waals surface area contributed by atoms with Crippen LogP contribution < -0.4 is 54.4 Å². The lowest BCUT2D eigenvalue weighted by molar-refractivity contribution is -0.145. The minimum Gasteiger partial charge on any atom is -0.508 e. The summed E-state index contributed by atoms with van der Waals surface area (Å²) in [5.74, 6) is -7.37. The van der Waals surface area contributed by atoms with Crippen LogP contribution in [0, 0.1) is 19.0 Å². The summed E-state index contributed by atoms with van der Waals surface area (Å²) in [7, 11) is 1.57. The molecule has 404 valence electrons. The fourth-order valence-corrected chi connectivity index (χ4v) is 10.0. The van der Waals surface area contributed by atoms with Gasteiger partial charge >= 0.3 is 5.97 Å². The van der Waals surface area contributed by atoms with Crippen molar-refractivity contribution in [2.45, 2.75) is 115 Å². The number of likely N-dealkylation sites (tertiary alicyclic amines) is 1. The topological polar surface area (TPSA) is 384 Å². The van der Waals surface area contributed by atoms with Crippen LogP contribution in [0.25, 0.3) is 0 Å². The molecule has 0 bridgehead atoms. The quantitative estimate of drug-likeness (QED) is 0.0151. The number of benzene rings is 2. The number of hydrogen-bond acceptors (Lipinski definition) is 13. The Labute approximate surface area is 456 Å². The lowest BCUT2D eigenvalue weighted by Crippen LogP contribution is -2.61. The third kappa shape index (κ3) is 18.3. The van der Waals surface area contributed by atoms with Gasteiger partial charge in [-0.1, -0.05) is 39.8 Å². The van der Waals surface area contributed by atoms with E-state index in [-0.39, 0.29) is 63.4 Å². The summed E-state index contributed by atoms with van der Waals surface area (Å²) in [4.78, 5) is 123. The van der Waals surface area contributed by atoms with Crippen LogP contribution in [-0.2, 0) is 57.6 Å². The third-order valence-electron chi connectivity index (χ3n) is 12.1. The molecular formula is C48H68I2N14O10. The number of hydrogen-bond donors (Lipinski definition) is 13. The minimum atomic E-state index is -1.36. The van der Waals surface area contributed by atoms with Gasteiger partial charge in [-0.15, -0.1) is 0 Å². The van der Waals surface area contributed by atoms with Gasteiger partial charge < -0.3 is 74.5 Å². The molecule has 7 atom stereocenters. The predicted molar refractivity (Wildman–Crippen MR) is 292 cm³/mol. The number of carbonyl (C=O) groups is 8. The largest absolute Gasteiger partial charge is 0.508 e. The number of aliphatic carboxylic acids is 1. The number of aromatic hydroxyl groups is 1. The molecule has 0 saturated carbocycles. The lowest BCUT2D eigenvalue weighted by Gasteiger charge is -2.31. The number of amides is 7. The molecule has 16 N–H and O–H groups in total. The van der Waals surface area contributed by atoms with Crippen LogP contribution in [0.2, 0.25) is 0 Å². The number of nitrogen functional groups attached to an aromatic ring is 1. The molecule has 1 aliphatic rings. The average molecular weight is 1250 g/mol. The summed E-state index contributed by atoms with van der Waals surface area (Å²) in [5.41, 5.74) is 19.2. The van der Waals surface area contributed by atoms with Gasteiger partial charge in [0.15, 0.2) is 5.96 Å². The van der Waals surface area contributed by atoms with Gasteiger partial charge in [0, 0.05) is 51.4 Å². The number of aromatic amines is 1. The van der Waals surface area contributed by atoms with Crippen molar-refractivity contribution in [3.8, 4) is 5.75 Å². The number of halogens is 2. The highest BCUT2D eigenvalue weighted by Gasteiger charge is 2.41. The Kier molecular flexibility index (Phi) is 23.6. The molecule has 1 saturated heterocycles. The zero-order valence-electron chi connectivity index (χ0n) is 41.9. The van der Waals surface area contributed by atoms with Crippen molar-refractivity contribution < 1.29 is 48.6 Å². The highest BCUT2D eigenvalue weighted by atomic mass is 127. The number of carboxylic acids is 1. The Balaban J connectivity index is 1.57. The molecule has 1 aliphatic heterocycles. The number of nitrogens with two attached hydrogens (primary N) is 3. The second-order valence-electron chi connectivity index (χ2n) is 18.6. The van der Waals surface area contributed by atoms with E-state index in [2.05, 4.69) is 97.4 Å². The van der Waals surface area contributed by atoms with Gasteiger partial charge in [-0.3, -0.25) is 38.6 Å². The second kappa shape index (κ2) is 29.0. The standard InChI is InChI=1S/C48H68I2N14O10/c1-24(2)39(62-41(67)32(58-37(66)22-54-5)8-6-14-56-48(52)53)44(70)59-33(18-26-10-12-29(65)13-11-26)42(68)63-40(25(3)4)45(71)60-34(20-28-21-55-23-57-28)46(72)64-15-7-9-36(64)43(69)61-35(47(73)74)19-27-16-30(49)38(51)31(50)17-27/h10-13,16-17,21,23-25,32-36,39-40,54,65H,6-9,14-15,18-20,22,51H2,1-5H3,(H,55,57)(H,58,66)(H,59,70)(H,60,71)(H,61,69)(H,62,67)(H,63,68)(H,73,74)(H4,52,53,56)/t32-,33-,34-,35-,36-,39-,40-/m0/s1. The number of aromatic nitrogens is 2. The molecule has 74 heavy (non-hydrogen) atoms. The van der Waals surface area contributed by atoms with Gasteiger partial charge in [0.25, 0.3) is 0 Å². The molecule has 3 aromatic rings. The lowest BCUT2D eigenvalue weighted by atomic mass is 9.98. The van der Waals surface area contributed by atoms with Crippen LogP contribution >= 0.6 is 45.2 Å². The molecule has 26 heteroatoms. The molecule has 4 rings (SSSR count). The first-order valence-corrected chi connectivity index (χ1v) is 26.2. The maximum Gasteiger partial charge on any atom is 0.326 e. The Morgan fingerprint density at radius 3 is 1.91 bits per heavy atom. The first-order valence-electron chi connectivity index (χ1n) is 24.0.